The van der Waals surface area contributed by atoms with Gasteiger partial charge in [-0.05, 0) is 6.07 Å². The number of nitro groups is 1. The molecule has 0 aliphatic carbocycles. The Labute approximate surface area is 121 Å². The van der Waals surface area contributed by atoms with E-state index >= 15 is 0 Å². The summed E-state index contributed by atoms with van der Waals surface area (Å²) in [5, 5.41) is 15.6. The molecule has 0 spiro atoms. The molecule has 10 heteroatoms. The van der Waals surface area contributed by atoms with Crippen molar-refractivity contribution in [1.82, 2.24) is 4.90 Å². The van der Waals surface area contributed by atoms with E-state index in [9.17, 15) is 23.3 Å². The second kappa shape index (κ2) is 6.50. The third kappa shape index (κ3) is 4.68. The third-order valence-corrected chi connectivity index (χ3v) is 3.45. The highest BCUT2D eigenvalue weighted by Gasteiger charge is 2.20. The van der Waals surface area contributed by atoms with Gasteiger partial charge in [0.05, 0.1) is 18.0 Å². The number of ether oxygens (including phenoxy) is 1. The summed E-state index contributed by atoms with van der Waals surface area (Å²) in [6, 6.07) is 3.05. The highest BCUT2D eigenvalue weighted by atomic mass is 32.2. The summed E-state index contributed by atoms with van der Waals surface area (Å²) in [7, 11) is -1.03. The molecule has 1 rings (SSSR count). The molecular weight excluding hydrogens is 302 g/mol. The first-order valence-corrected chi connectivity index (χ1v) is 7.31. The van der Waals surface area contributed by atoms with Crippen molar-refractivity contribution in [2.45, 2.75) is 11.3 Å². The average Bonchev–Trinajstić information content (AvgIpc) is 2.37. The van der Waals surface area contributed by atoms with Gasteiger partial charge in [-0.2, -0.15) is 0 Å². The van der Waals surface area contributed by atoms with Gasteiger partial charge in [0, 0.05) is 26.2 Å². The van der Waals surface area contributed by atoms with E-state index in [4.69, 9.17) is 9.88 Å². The number of rotatable bonds is 6. The van der Waals surface area contributed by atoms with Gasteiger partial charge in [0.2, 0.25) is 15.9 Å². The Bertz CT molecular complexity index is 656. The standard InChI is InChI=1S/C11H15N3O6S/c1-13(2)11(15)5-6-20-9-4-3-8(14(16)17)7-10(9)21(12,18)19/h3-4,7H,5-6H2,1-2H3,(H2,12,18,19). The smallest absolute Gasteiger partial charge is 0.271 e. The molecular formula is C11H15N3O6S. The van der Waals surface area contributed by atoms with Crippen LogP contribution in [-0.2, 0) is 14.8 Å². The molecule has 0 atom stereocenters. The highest BCUT2D eigenvalue weighted by Crippen LogP contribution is 2.27. The molecule has 21 heavy (non-hydrogen) atoms. The monoisotopic (exact) mass is 317 g/mol. The molecule has 1 aromatic carbocycles. The van der Waals surface area contributed by atoms with Gasteiger partial charge in [-0.3, -0.25) is 14.9 Å². The van der Waals surface area contributed by atoms with E-state index in [2.05, 4.69) is 0 Å². The Hall–Kier alpha value is -2.20. The maximum atomic E-state index is 11.4. The van der Waals surface area contributed by atoms with Gasteiger partial charge in [-0.1, -0.05) is 0 Å². The first-order valence-electron chi connectivity index (χ1n) is 5.77. The molecule has 0 fully saturated rings. The molecule has 9 nitrogen and oxygen atoms in total. The van der Waals surface area contributed by atoms with Crippen molar-refractivity contribution in [3.8, 4) is 5.75 Å². The predicted molar refractivity (Wildman–Crippen MR) is 73.3 cm³/mol. The lowest BCUT2D eigenvalue weighted by Crippen LogP contribution is -2.23. The number of hydrogen-bond acceptors (Lipinski definition) is 6. The van der Waals surface area contributed by atoms with Gasteiger partial charge in [0.15, 0.2) is 0 Å². The third-order valence-electron chi connectivity index (χ3n) is 2.52. The second-order valence-corrected chi connectivity index (χ2v) is 5.85. The van der Waals surface area contributed by atoms with Crippen molar-refractivity contribution in [3.05, 3.63) is 28.3 Å². The molecule has 0 radical (unpaired) electrons. The van der Waals surface area contributed by atoms with Crippen molar-refractivity contribution in [1.29, 1.82) is 0 Å². The van der Waals surface area contributed by atoms with E-state index < -0.39 is 25.5 Å². The summed E-state index contributed by atoms with van der Waals surface area (Å²) in [6.07, 6.45) is 0.0358. The molecule has 0 aliphatic rings. The number of hydrogen-bond donors (Lipinski definition) is 1. The van der Waals surface area contributed by atoms with Crippen molar-refractivity contribution in [2.75, 3.05) is 20.7 Å². The van der Waals surface area contributed by atoms with Crippen LogP contribution in [0, 0.1) is 10.1 Å². The van der Waals surface area contributed by atoms with Gasteiger partial charge >= 0.3 is 0 Å². The molecule has 0 saturated heterocycles. The Morgan fingerprint density at radius 3 is 2.52 bits per heavy atom. The Morgan fingerprint density at radius 2 is 2.05 bits per heavy atom. The minimum Gasteiger partial charge on any atom is -0.492 e. The number of primary sulfonamides is 1. The maximum absolute atomic E-state index is 11.4. The minimum atomic E-state index is -4.18. The quantitative estimate of drug-likeness (QED) is 0.584. The Kier molecular flexibility index (Phi) is 5.22. The van der Waals surface area contributed by atoms with Gasteiger partial charge in [-0.15, -0.1) is 0 Å². The molecule has 0 aliphatic heterocycles. The lowest BCUT2D eigenvalue weighted by Gasteiger charge is -2.12. The van der Waals surface area contributed by atoms with Crippen molar-refractivity contribution in [3.63, 3.8) is 0 Å². The lowest BCUT2D eigenvalue weighted by molar-refractivity contribution is -0.385. The van der Waals surface area contributed by atoms with E-state index in [0.717, 1.165) is 18.2 Å². The first kappa shape index (κ1) is 16.9. The average molecular weight is 317 g/mol. The van der Waals surface area contributed by atoms with Crippen molar-refractivity contribution in [2.24, 2.45) is 5.14 Å². The zero-order valence-electron chi connectivity index (χ0n) is 11.5. The number of nitrogens with zero attached hydrogens (tertiary/aromatic N) is 2. The van der Waals surface area contributed by atoms with Crippen LogP contribution in [0.15, 0.2) is 23.1 Å². The number of benzene rings is 1. The topological polar surface area (TPSA) is 133 Å². The van der Waals surface area contributed by atoms with Crippen molar-refractivity contribution < 1.29 is 22.9 Å². The van der Waals surface area contributed by atoms with Crippen LogP contribution < -0.4 is 9.88 Å². The van der Waals surface area contributed by atoms with E-state index in [-0.39, 0.29) is 24.7 Å². The highest BCUT2D eigenvalue weighted by molar-refractivity contribution is 7.89. The molecule has 116 valence electrons. The molecule has 0 aromatic heterocycles. The van der Waals surface area contributed by atoms with Gasteiger partial charge in [0.25, 0.3) is 5.69 Å². The zero-order chi connectivity index (χ0) is 16.2. The summed E-state index contributed by atoms with van der Waals surface area (Å²) in [5.41, 5.74) is -0.421. The number of carbonyl (C=O) groups excluding carboxylic acids is 1. The van der Waals surface area contributed by atoms with E-state index in [0.29, 0.717) is 0 Å². The second-order valence-electron chi connectivity index (χ2n) is 4.32. The van der Waals surface area contributed by atoms with Crippen LogP contribution in [0.25, 0.3) is 0 Å². The van der Waals surface area contributed by atoms with E-state index in [1.54, 1.807) is 14.1 Å². The fourth-order valence-corrected chi connectivity index (χ4v) is 2.12. The maximum Gasteiger partial charge on any atom is 0.271 e. The normalized spacial score (nSPS) is 11.0. The number of amides is 1. The fourth-order valence-electron chi connectivity index (χ4n) is 1.42. The summed E-state index contributed by atoms with van der Waals surface area (Å²) in [6.45, 7) is -0.0721. The van der Waals surface area contributed by atoms with Crippen molar-refractivity contribution >= 4 is 21.6 Å². The lowest BCUT2D eigenvalue weighted by atomic mass is 10.3. The van der Waals surface area contributed by atoms with Crippen LogP contribution in [0.3, 0.4) is 0 Å². The Balaban J connectivity index is 2.97. The van der Waals surface area contributed by atoms with Crippen LogP contribution in [0.4, 0.5) is 5.69 Å². The SMILES string of the molecule is CN(C)C(=O)CCOc1ccc([N+](=O)[O-])cc1S(N)(=O)=O. The van der Waals surface area contributed by atoms with Crippen LogP contribution >= 0.6 is 0 Å². The van der Waals surface area contributed by atoms with Crippen LogP contribution in [0.1, 0.15) is 6.42 Å². The van der Waals surface area contributed by atoms with Gasteiger partial charge in [-0.25, -0.2) is 13.6 Å². The molecule has 2 N–H and O–H groups in total. The van der Waals surface area contributed by atoms with Gasteiger partial charge < -0.3 is 9.64 Å². The summed E-state index contributed by atoms with van der Waals surface area (Å²) in [5.74, 6) is -0.330. The summed E-state index contributed by atoms with van der Waals surface area (Å²) < 4.78 is 28.1. The minimum absolute atomic E-state index is 0.0358. The number of non-ortho nitro benzene ring substituents is 1. The number of carbonyl (C=O) groups is 1. The molecule has 1 aromatic rings. The van der Waals surface area contributed by atoms with Gasteiger partial charge in [0.1, 0.15) is 10.6 Å². The Morgan fingerprint density at radius 1 is 1.43 bits per heavy atom. The number of nitro benzene ring substituents is 1. The van der Waals surface area contributed by atoms with Crippen LogP contribution in [-0.4, -0.2) is 44.9 Å². The zero-order valence-corrected chi connectivity index (χ0v) is 12.3. The molecule has 0 heterocycles. The fraction of sp³-hybridized carbons (Fsp3) is 0.364. The summed E-state index contributed by atoms with van der Waals surface area (Å²) in [4.78, 5) is 22.1. The largest absolute Gasteiger partial charge is 0.492 e. The summed E-state index contributed by atoms with van der Waals surface area (Å²) >= 11 is 0. The number of nitrogens with two attached hydrogens (primary N) is 1. The molecule has 0 saturated carbocycles. The molecule has 1 amide bonds. The first-order chi connectivity index (χ1) is 9.62. The molecule has 0 bridgehead atoms. The van der Waals surface area contributed by atoms with Crippen LogP contribution in [0.2, 0.25) is 0 Å². The van der Waals surface area contributed by atoms with E-state index in [1.165, 1.54) is 4.90 Å². The number of sulfonamides is 1. The van der Waals surface area contributed by atoms with Crippen LogP contribution in [0.5, 0.6) is 5.75 Å². The predicted octanol–water partition coefficient (Wildman–Crippen LogP) is 0.0993. The van der Waals surface area contributed by atoms with E-state index in [1.807, 2.05) is 0 Å². The molecule has 0 unspecified atom stereocenters.